The van der Waals surface area contributed by atoms with Crippen LogP contribution in [0.5, 0.6) is 0 Å². The minimum atomic E-state index is -4.58. The van der Waals surface area contributed by atoms with Crippen molar-refractivity contribution in [1.82, 2.24) is 9.29 Å². The molecule has 1 unspecified atom stereocenters. The topological polar surface area (TPSA) is 168 Å². The van der Waals surface area contributed by atoms with Gasteiger partial charge in [0.25, 0.3) is 10.0 Å². The summed E-state index contributed by atoms with van der Waals surface area (Å²) in [5, 5.41) is 19.2. The normalized spacial score (nSPS) is 15.6. The molecule has 1 aromatic heterocycles. The monoisotopic (exact) mass is 583 g/mol. The van der Waals surface area contributed by atoms with Crippen molar-refractivity contribution < 1.29 is 31.8 Å². The molecule has 1 amide bonds. The van der Waals surface area contributed by atoms with Gasteiger partial charge in [-0.2, -0.15) is 0 Å². The standard InChI is InChI=1S/C25H33N3O7S3/c1-18(13-19-7-4-3-5-8-19)23(26)28(24(31)25(2,15-30)16-37(32,33)12-6-11-29)38(34,35)20-9-10-21-22(14-20)36-17-27-21/h3-5,7-10,14,17-18,23,29-30H,6,11-13,15-16,26H2,1-2H3/t18-,23-,25?/m0/s1. The number of fused-ring (bicyclic) bond motifs is 1. The molecule has 2 aromatic carbocycles. The molecule has 10 nitrogen and oxygen atoms in total. The molecule has 3 atom stereocenters. The molecule has 1 heterocycles. The van der Waals surface area contributed by atoms with Crippen LogP contribution >= 0.6 is 11.3 Å². The van der Waals surface area contributed by atoms with Crippen LogP contribution in [0.15, 0.2) is 58.9 Å². The number of sulfonamides is 1. The molecule has 0 fully saturated rings. The first-order valence-corrected chi connectivity index (χ1v) is 16.1. The summed E-state index contributed by atoms with van der Waals surface area (Å²) in [6.07, 6.45) is -1.07. The summed E-state index contributed by atoms with van der Waals surface area (Å²) in [4.78, 5) is 17.9. The Balaban J connectivity index is 2.07. The summed E-state index contributed by atoms with van der Waals surface area (Å²) in [7, 11) is -8.51. The molecule has 0 aliphatic carbocycles. The van der Waals surface area contributed by atoms with Crippen LogP contribution in [0.3, 0.4) is 0 Å². The quantitative estimate of drug-likeness (QED) is 0.254. The summed E-state index contributed by atoms with van der Waals surface area (Å²) in [5.41, 5.74) is 7.51. The number of hydrogen-bond donors (Lipinski definition) is 3. The SMILES string of the molecule is C[C@@H](Cc1ccccc1)[C@@H](N)N(C(=O)C(C)(CO)CS(=O)(=O)CCCO)S(=O)(=O)c1ccc2ncsc2c1. The molecule has 0 spiro atoms. The fourth-order valence-electron chi connectivity index (χ4n) is 4.14. The molecule has 4 N–H and O–H groups in total. The van der Waals surface area contributed by atoms with E-state index in [1.165, 1.54) is 36.5 Å². The van der Waals surface area contributed by atoms with Gasteiger partial charge in [-0.05, 0) is 49.4 Å². The van der Waals surface area contributed by atoms with Crippen molar-refractivity contribution >= 4 is 47.3 Å². The van der Waals surface area contributed by atoms with Crippen LogP contribution in [0.2, 0.25) is 0 Å². The molecule has 0 aliphatic rings. The molecule has 38 heavy (non-hydrogen) atoms. The van der Waals surface area contributed by atoms with Crippen molar-refractivity contribution in [2.24, 2.45) is 17.1 Å². The molecule has 13 heteroatoms. The Hall–Kier alpha value is -2.42. The number of rotatable bonds is 13. The Bertz CT molecular complexity index is 1460. The zero-order valence-corrected chi connectivity index (χ0v) is 23.7. The van der Waals surface area contributed by atoms with E-state index in [-0.39, 0.29) is 17.9 Å². The van der Waals surface area contributed by atoms with Gasteiger partial charge in [0, 0.05) is 6.61 Å². The maximum atomic E-state index is 14.0. The van der Waals surface area contributed by atoms with Crippen LogP contribution in [0.4, 0.5) is 0 Å². The first kappa shape index (κ1) is 30.1. The van der Waals surface area contributed by atoms with E-state index >= 15 is 0 Å². The lowest BCUT2D eigenvalue weighted by molar-refractivity contribution is -0.139. The predicted molar refractivity (Wildman–Crippen MR) is 146 cm³/mol. The number of thiazole rings is 1. The summed E-state index contributed by atoms with van der Waals surface area (Å²) < 4.78 is 54.5. The Morgan fingerprint density at radius 2 is 1.82 bits per heavy atom. The maximum absolute atomic E-state index is 14.0. The first-order valence-electron chi connectivity index (χ1n) is 12.0. The van der Waals surface area contributed by atoms with Gasteiger partial charge in [-0.25, -0.2) is 26.1 Å². The Labute approximate surface area is 227 Å². The van der Waals surface area contributed by atoms with Gasteiger partial charge in [-0.15, -0.1) is 11.3 Å². The maximum Gasteiger partial charge on any atom is 0.267 e. The Morgan fingerprint density at radius 3 is 2.45 bits per heavy atom. The fraction of sp³-hybridized carbons (Fsp3) is 0.440. The number of amides is 1. The van der Waals surface area contributed by atoms with Crippen molar-refractivity contribution in [1.29, 1.82) is 0 Å². The summed E-state index contributed by atoms with van der Waals surface area (Å²) in [6.45, 7) is 1.61. The van der Waals surface area contributed by atoms with E-state index < -0.39 is 61.4 Å². The van der Waals surface area contributed by atoms with Crippen molar-refractivity contribution in [3.8, 4) is 0 Å². The molecular formula is C25H33N3O7S3. The summed E-state index contributed by atoms with van der Waals surface area (Å²) >= 11 is 1.23. The molecule has 0 saturated heterocycles. The Kier molecular flexibility index (Phi) is 9.66. The van der Waals surface area contributed by atoms with Crippen molar-refractivity contribution in [2.75, 3.05) is 24.7 Å². The smallest absolute Gasteiger partial charge is 0.267 e. The van der Waals surface area contributed by atoms with E-state index in [0.717, 1.165) is 5.56 Å². The first-order chi connectivity index (χ1) is 17.8. The number of aromatic nitrogens is 1. The minimum Gasteiger partial charge on any atom is -0.396 e. The number of nitrogens with two attached hydrogens (primary N) is 1. The van der Waals surface area contributed by atoms with Gasteiger partial charge in [-0.1, -0.05) is 37.3 Å². The summed E-state index contributed by atoms with van der Waals surface area (Å²) in [5.74, 6) is -2.91. The van der Waals surface area contributed by atoms with Crippen LogP contribution in [-0.4, -0.2) is 73.1 Å². The lowest BCUT2D eigenvalue weighted by Crippen LogP contribution is -2.58. The minimum absolute atomic E-state index is 0.0530. The molecule has 208 valence electrons. The van der Waals surface area contributed by atoms with E-state index in [9.17, 15) is 26.7 Å². The number of hydrogen-bond acceptors (Lipinski definition) is 10. The highest BCUT2D eigenvalue weighted by atomic mass is 32.2. The van der Waals surface area contributed by atoms with Gasteiger partial charge in [0.05, 0.1) is 50.3 Å². The van der Waals surface area contributed by atoms with Crippen molar-refractivity contribution in [3.05, 3.63) is 59.6 Å². The number of nitrogens with zero attached hydrogens (tertiary/aromatic N) is 2. The average molecular weight is 584 g/mol. The molecular weight excluding hydrogens is 550 g/mol. The highest BCUT2D eigenvalue weighted by Crippen LogP contribution is 2.31. The van der Waals surface area contributed by atoms with E-state index in [1.807, 2.05) is 30.3 Å². The van der Waals surface area contributed by atoms with Gasteiger partial charge in [-0.3, -0.25) is 4.79 Å². The predicted octanol–water partition coefficient (Wildman–Crippen LogP) is 1.77. The second kappa shape index (κ2) is 12.2. The van der Waals surface area contributed by atoms with E-state index in [2.05, 4.69) is 4.98 Å². The molecule has 3 rings (SSSR count). The number of carbonyl (C=O) groups excluding carboxylic acids is 1. The second-order valence-corrected chi connectivity index (χ2v) is 14.5. The van der Waals surface area contributed by atoms with Gasteiger partial charge in [0.1, 0.15) is 0 Å². The van der Waals surface area contributed by atoms with Crippen molar-refractivity contribution in [3.63, 3.8) is 0 Å². The molecule has 0 saturated carbocycles. The largest absolute Gasteiger partial charge is 0.396 e. The van der Waals surface area contributed by atoms with Crippen molar-refractivity contribution in [2.45, 2.75) is 37.8 Å². The molecule has 3 aromatic rings. The van der Waals surface area contributed by atoms with Gasteiger partial charge in [0.2, 0.25) is 5.91 Å². The number of sulfone groups is 1. The highest BCUT2D eigenvalue weighted by molar-refractivity contribution is 7.91. The lowest BCUT2D eigenvalue weighted by atomic mass is 9.92. The number of aliphatic hydroxyl groups is 2. The van der Waals surface area contributed by atoms with Crippen LogP contribution in [0.1, 0.15) is 25.8 Å². The molecule has 0 bridgehead atoms. The van der Waals surface area contributed by atoms with Crippen LogP contribution in [0, 0.1) is 11.3 Å². The highest BCUT2D eigenvalue weighted by Gasteiger charge is 2.47. The van der Waals surface area contributed by atoms with Gasteiger partial charge >= 0.3 is 0 Å². The van der Waals surface area contributed by atoms with E-state index in [0.29, 0.717) is 20.9 Å². The number of benzene rings is 2. The third-order valence-electron chi connectivity index (χ3n) is 6.33. The lowest BCUT2D eigenvalue weighted by Gasteiger charge is -2.37. The van der Waals surface area contributed by atoms with Crippen LogP contribution in [0.25, 0.3) is 10.2 Å². The molecule has 0 radical (unpaired) electrons. The Morgan fingerprint density at radius 1 is 1.13 bits per heavy atom. The second-order valence-electron chi connectivity index (χ2n) is 9.63. The number of carbonyl (C=O) groups is 1. The average Bonchev–Trinajstić information content (AvgIpc) is 3.35. The van der Waals surface area contributed by atoms with E-state index in [1.54, 1.807) is 12.4 Å². The summed E-state index contributed by atoms with van der Waals surface area (Å²) in [6, 6.07) is 13.4. The third-order valence-corrected chi connectivity index (χ3v) is 10.9. The third kappa shape index (κ3) is 6.77. The fourth-order valence-corrected chi connectivity index (χ4v) is 8.53. The van der Waals surface area contributed by atoms with Gasteiger partial charge < -0.3 is 15.9 Å². The van der Waals surface area contributed by atoms with Crippen LogP contribution in [-0.2, 0) is 31.1 Å². The van der Waals surface area contributed by atoms with E-state index in [4.69, 9.17) is 10.8 Å². The van der Waals surface area contributed by atoms with Crippen LogP contribution < -0.4 is 5.73 Å². The zero-order chi connectivity index (χ0) is 28.1. The number of aliphatic hydroxyl groups excluding tert-OH is 2. The molecule has 0 aliphatic heterocycles. The zero-order valence-electron chi connectivity index (χ0n) is 21.2. The van der Waals surface area contributed by atoms with Gasteiger partial charge in [0.15, 0.2) is 9.84 Å².